The number of nitrogens with zero attached hydrogens (tertiary/aromatic N) is 3. The third-order valence-electron chi connectivity index (χ3n) is 4.18. The summed E-state index contributed by atoms with van der Waals surface area (Å²) in [6, 6.07) is 6.44. The number of likely N-dealkylation sites (tertiary alicyclic amines) is 1. The summed E-state index contributed by atoms with van der Waals surface area (Å²) in [5.74, 6) is -2.21. The van der Waals surface area contributed by atoms with E-state index in [2.05, 4.69) is 10.1 Å². The first kappa shape index (κ1) is 17.3. The molecule has 0 aliphatic carbocycles. The molecule has 3 rings (SSSR count). The maximum atomic E-state index is 13.9. The summed E-state index contributed by atoms with van der Waals surface area (Å²) < 4.78 is 37.9. The fraction of sp³-hybridized carbons (Fsp3) is 0.471. The first-order chi connectivity index (χ1) is 11.9. The Morgan fingerprint density at radius 1 is 1.48 bits per heavy atom. The summed E-state index contributed by atoms with van der Waals surface area (Å²) in [6.45, 7) is 0.977. The highest BCUT2D eigenvalue weighted by Gasteiger charge is 2.49. The third kappa shape index (κ3) is 3.94. The molecule has 2 heterocycles. The predicted octanol–water partition coefficient (Wildman–Crippen LogP) is 2.93. The van der Waals surface area contributed by atoms with Crippen molar-refractivity contribution in [2.75, 3.05) is 13.7 Å². The zero-order valence-corrected chi connectivity index (χ0v) is 14.0. The number of amides is 1. The molecule has 0 radical (unpaired) electrons. The number of benzene rings is 1. The second-order valence-corrected chi connectivity index (χ2v) is 6.13. The van der Waals surface area contributed by atoms with Crippen LogP contribution in [0.1, 0.15) is 36.2 Å². The molecule has 8 heteroatoms. The van der Waals surface area contributed by atoms with E-state index >= 15 is 0 Å². The number of carbonyl (C=O) groups is 1. The van der Waals surface area contributed by atoms with Crippen molar-refractivity contribution in [3.63, 3.8) is 0 Å². The van der Waals surface area contributed by atoms with E-state index in [0.717, 1.165) is 10.5 Å². The van der Waals surface area contributed by atoms with Crippen LogP contribution in [0.25, 0.3) is 0 Å². The summed E-state index contributed by atoms with van der Waals surface area (Å²) in [7, 11) is 1.56. The monoisotopic (exact) mass is 351 g/mol. The Bertz CT molecular complexity index is 763. The molecule has 0 unspecified atom stereocenters. The van der Waals surface area contributed by atoms with Crippen LogP contribution in [0, 0.1) is 6.92 Å². The van der Waals surface area contributed by atoms with Gasteiger partial charge < -0.3 is 14.2 Å². The highest BCUT2D eigenvalue weighted by molar-refractivity contribution is 5.77. The average molecular weight is 351 g/mol. The molecule has 1 aromatic carbocycles. The van der Waals surface area contributed by atoms with Crippen molar-refractivity contribution in [2.24, 2.45) is 0 Å². The minimum atomic E-state index is -2.96. The summed E-state index contributed by atoms with van der Waals surface area (Å²) in [4.78, 5) is 17.7. The number of aromatic nitrogens is 2. The molecule has 0 N–H and O–H groups in total. The van der Waals surface area contributed by atoms with Crippen molar-refractivity contribution >= 4 is 5.91 Å². The number of methoxy groups -OCH3 is 1. The smallest absolute Gasteiger partial charge is 0.267 e. The summed E-state index contributed by atoms with van der Waals surface area (Å²) in [5, 5.41) is 3.63. The molecule has 0 spiro atoms. The van der Waals surface area contributed by atoms with Crippen LogP contribution in [0.2, 0.25) is 0 Å². The number of hydrogen-bond donors (Lipinski definition) is 0. The lowest BCUT2D eigenvalue weighted by Crippen LogP contribution is -2.33. The molecule has 1 aliphatic rings. The normalized spacial score (nSPS) is 19.2. The van der Waals surface area contributed by atoms with E-state index in [0.29, 0.717) is 18.0 Å². The molecule has 25 heavy (non-hydrogen) atoms. The second kappa shape index (κ2) is 6.78. The summed E-state index contributed by atoms with van der Waals surface area (Å²) in [5.41, 5.74) is 0.906. The fourth-order valence-corrected chi connectivity index (χ4v) is 2.97. The number of alkyl halides is 2. The minimum absolute atomic E-state index is 0.0596. The Morgan fingerprint density at radius 2 is 2.28 bits per heavy atom. The standard InChI is InChI=1S/C17H19F2N3O3/c1-11-20-16(25-21-11)14-9-17(18,19)10-22(14)15(23)7-6-12-4-3-5-13(8-12)24-2/h3-5,8,14H,6-7,9-10H2,1-2H3/t14-/m0/s1. The van der Waals surface area contributed by atoms with Gasteiger partial charge >= 0.3 is 0 Å². The van der Waals surface area contributed by atoms with Gasteiger partial charge in [0.05, 0.1) is 13.7 Å². The van der Waals surface area contributed by atoms with E-state index in [1.54, 1.807) is 20.1 Å². The molecular weight excluding hydrogens is 332 g/mol. The van der Waals surface area contributed by atoms with E-state index < -0.39 is 24.9 Å². The summed E-state index contributed by atoms with van der Waals surface area (Å²) in [6.07, 6.45) is 0.0556. The number of rotatable bonds is 5. The quantitative estimate of drug-likeness (QED) is 0.828. The Morgan fingerprint density at radius 3 is 2.96 bits per heavy atom. The lowest BCUT2D eigenvalue weighted by Gasteiger charge is -2.21. The van der Waals surface area contributed by atoms with Gasteiger partial charge in [0.15, 0.2) is 5.82 Å². The van der Waals surface area contributed by atoms with E-state index in [-0.39, 0.29) is 18.2 Å². The molecule has 2 aromatic rings. The zero-order chi connectivity index (χ0) is 18.0. The van der Waals surface area contributed by atoms with Crippen molar-refractivity contribution in [1.29, 1.82) is 0 Å². The van der Waals surface area contributed by atoms with Gasteiger partial charge in [0.1, 0.15) is 11.8 Å². The van der Waals surface area contributed by atoms with Gasteiger partial charge in [-0.2, -0.15) is 4.98 Å². The lowest BCUT2D eigenvalue weighted by atomic mass is 10.1. The fourth-order valence-electron chi connectivity index (χ4n) is 2.97. The lowest BCUT2D eigenvalue weighted by molar-refractivity contribution is -0.133. The Labute approximate surface area is 143 Å². The molecule has 0 saturated carbocycles. The molecule has 1 atom stereocenters. The van der Waals surface area contributed by atoms with Crippen molar-refractivity contribution in [2.45, 2.75) is 38.2 Å². The maximum Gasteiger partial charge on any atom is 0.267 e. The highest BCUT2D eigenvalue weighted by atomic mass is 19.3. The Hall–Kier alpha value is -2.51. The van der Waals surface area contributed by atoms with Crippen molar-refractivity contribution in [3.8, 4) is 5.75 Å². The number of ether oxygens (including phenoxy) is 1. The molecule has 0 bridgehead atoms. The Balaban J connectivity index is 1.70. The van der Waals surface area contributed by atoms with Crippen LogP contribution in [-0.2, 0) is 11.2 Å². The number of carbonyl (C=O) groups excluding carboxylic acids is 1. The van der Waals surface area contributed by atoms with Gasteiger partial charge in [-0.3, -0.25) is 4.79 Å². The SMILES string of the molecule is COc1cccc(CCC(=O)N2CC(F)(F)C[C@H]2c2nc(C)no2)c1. The van der Waals surface area contributed by atoms with Crippen LogP contribution in [-0.4, -0.2) is 40.5 Å². The molecule has 1 aromatic heterocycles. The molecule has 1 saturated heterocycles. The number of halogens is 2. The average Bonchev–Trinajstić information content (AvgIpc) is 3.15. The Kier molecular flexibility index (Phi) is 4.69. The van der Waals surface area contributed by atoms with Crippen molar-refractivity contribution < 1.29 is 22.8 Å². The van der Waals surface area contributed by atoms with Crippen LogP contribution < -0.4 is 4.74 Å². The van der Waals surface area contributed by atoms with E-state index in [4.69, 9.17) is 9.26 Å². The number of aryl methyl sites for hydroxylation is 2. The minimum Gasteiger partial charge on any atom is -0.497 e. The van der Waals surface area contributed by atoms with E-state index in [1.807, 2.05) is 18.2 Å². The van der Waals surface area contributed by atoms with Crippen molar-refractivity contribution in [1.82, 2.24) is 15.0 Å². The van der Waals surface area contributed by atoms with Crippen LogP contribution in [0.4, 0.5) is 8.78 Å². The van der Waals surface area contributed by atoms with Crippen LogP contribution in [0.15, 0.2) is 28.8 Å². The molecule has 134 valence electrons. The van der Waals surface area contributed by atoms with Gasteiger partial charge in [0.25, 0.3) is 5.92 Å². The van der Waals surface area contributed by atoms with Crippen LogP contribution in [0.5, 0.6) is 5.75 Å². The molecule has 1 fully saturated rings. The first-order valence-electron chi connectivity index (χ1n) is 7.98. The second-order valence-electron chi connectivity index (χ2n) is 6.13. The largest absolute Gasteiger partial charge is 0.497 e. The topological polar surface area (TPSA) is 68.5 Å². The van der Waals surface area contributed by atoms with Gasteiger partial charge in [0.2, 0.25) is 11.8 Å². The van der Waals surface area contributed by atoms with Gasteiger partial charge in [-0.1, -0.05) is 17.3 Å². The highest BCUT2D eigenvalue weighted by Crippen LogP contribution is 2.40. The van der Waals surface area contributed by atoms with Crippen molar-refractivity contribution in [3.05, 3.63) is 41.5 Å². The zero-order valence-electron chi connectivity index (χ0n) is 14.0. The van der Waals surface area contributed by atoms with E-state index in [9.17, 15) is 13.6 Å². The maximum absolute atomic E-state index is 13.9. The predicted molar refractivity (Wildman–Crippen MR) is 84.4 cm³/mol. The third-order valence-corrected chi connectivity index (χ3v) is 4.18. The number of hydrogen-bond acceptors (Lipinski definition) is 5. The molecule has 1 amide bonds. The van der Waals surface area contributed by atoms with Crippen LogP contribution in [0.3, 0.4) is 0 Å². The van der Waals surface area contributed by atoms with Gasteiger partial charge in [-0.05, 0) is 31.0 Å². The summed E-state index contributed by atoms with van der Waals surface area (Å²) >= 11 is 0. The first-order valence-corrected chi connectivity index (χ1v) is 7.98. The van der Waals surface area contributed by atoms with Gasteiger partial charge in [-0.25, -0.2) is 8.78 Å². The van der Waals surface area contributed by atoms with Crippen LogP contribution >= 0.6 is 0 Å². The molecule has 6 nitrogen and oxygen atoms in total. The van der Waals surface area contributed by atoms with E-state index in [1.165, 1.54) is 0 Å². The van der Waals surface area contributed by atoms with Gasteiger partial charge in [0, 0.05) is 12.8 Å². The molecule has 1 aliphatic heterocycles. The van der Waals surface area contributed by atoms with Gasteiger partial charge in [-0.15, -0.1) is 0 Å². The molecular formula is C17H19F2N3O3.